The van der Waals surface area contributed by atoms with E-state index in [-0.39, 0.29) is 12.4 Å². The molecular weight excluding hydrogens is 419 g/mol. The standard InChI is InChI=1S/C24H23FO5S/c1-13-21(26)22(27)23(28)24(30-13)18-10-15(19(25)11-16(18)12-29-24)9-17-7-8-20(31-17)14-5-3-2-4-6-14/h2-8,10-11,13,21-23,26-28H,9,12H2,1H3/t13-,21-,22+,23-,24+/m1/s1. The summed E-state index contributed by atoms with van der Waals surface area (Å²) in [6, 6.07) is 17.1. The van der Waals surface area contributed by atoms with Crippen LogP contribution >= 0.6 is 11.3 Å². The van der Waals surface area contributed by atoms with Crippen LogP contribution in [-0.2, 0) is 28.3 Å². The van der Waals surface area contributed by atoms with E-state index >= 15 is 0 Å². The first-order chi connectivity index (χ1) is 14.9. The molecule has 0 saturated carbocycles. The number of rotatable bonds is 3. The number of hydrogen-bond donors (Lipinski definition) is 3. The third-order valence-corrected chi connectivity index (χ3v) is 7.21. The molecule has 3 heterocycles. The zero-order valence-electron chi connectivity index (χ0n) is 16.9. The molecule has 1 fully saturated rings. The minimum absolute atomic E-state index is 0.0519. The quantitative estimate of drug-likeness (QED) is 0.580. The number of thiophene rings is 1. The Morgan fingerprint density at radius 2 is 1.84 bits per heavy atom. The van der Waals surface area contributed by atoms with E-state index in [0.29, 0.717) is 23.1 Å². The maximum Gasteiger partial charge on any atom is 0.225 e. The zero-order chi connectivity index (χ0) is 21.8. The Morgan fingerprint density at radius 1 is 1.06 bits per heavy atom. The molecule has 2 aliphatic rings. The second-order valence-corrected chi connectivity index (χ2v) is 9.28. The Morgan fingerprint density at radius 3 is 2.61 bits per heavy atom. The van der Waals surface area contributed by atoms with Gasteiger partial charge >= 0.3 is 0 Å². The van der Waals surface area contributed by atoms with Gasteiger partial charge in [0, 0.05) is 21.7 Å². The predicted molar refractivity (Wildman–Crippen MR) is 114 cm³/mol. The molecule has 0 bridgehead atoms. The van der Waals surface area contributed by atoms with Crippen LogP contribution < -0.4 is 0 Å². The molecule has 5 atom stereocenters. The van der Waals surface area contributed by atoms with E-state index in [9.17, 15) is 19.7 Å². The van der Waals surface area contributed by atoms with Crippen molar-refractivity contribution in [2.75, 3.05) is 0 Å². The smallest absolute Gasteiger partial charge is 0.225 e. The van der Waals surface area contributed by atoms with E-state index in [1.165, 1.54) is 6.07 Å². The van der Waals surface area contributed by atoms with Gasteiger partial charge in [-0.2, -0.15) is 0 Å². The summed E-state index contributed by atoms with van der Waals surface area (Å²) < 4.78 is 26.5. The lowest BCUT2D eigenvalue weighted by molar-refractivity contribution is -0.362. The molecular formula is C24H23FO5S. The molecule has 7 heteroatoms. The van der Waals surface area contributed by atoms with Crippen molar-refractivity contribution in [3.63, 3.8) is 0 Å². The molecule has 2 aromatic carbocycles. The molecule has 2 aliphatic heterocycles. The summed E-state index contributed by atoms with van der Waals surface area (Å²) in [6.07, 6.45) is -4.55. The van der Waals surface area contributed by atoms with Gasteiger partial charge in [-0.1, -0.05) is 30.3 Å². The van der Waals surface area contributed by atoms with Crippen molar-refractivity contribution in [3.05, 3.63) is 82.0 Å². The highest BCUT2D eigenvalue weighted by Crippen LogP contribution is 2.46. The zero-order valence-corrected chi connectivity index (χ0v) is 17.7. The highest BCUT2D eigenvalue weighted by Gasteiger charge is 2.57. The minimum atomic E-state index is -1.62. The largest absolute Gasteiger partial charge is 0.388 e. The Hall–Kier alpha value is -2.13. The van der Waals surface area contributed by atoms with Crippen LogP contribution in [0.15, 0.2) is 54.6 Å². The molecule has 162 valence electrons. The second-order valence-electron chi connectivity index (χ2n) is 8.11. The van der Waals surface area contributed by atoms with E-state index in [4.69, 9.17) is 9.47 Å². The Kier molecular flexibility index (Phi) is 5.21. The third-order valence-electron chi connectivity index (χ3n) is 6.08. The van der Waals surface area contributed by atoms with Crippen LogP contribution in [0.5, 0.6) is 0 Å². The summed E-state index contributed by atoms with van der Waals surface area (Å²) in [5, 5.41) is 31.0. The van der Waals surface area contributed by atoms with E-state index in [1.807, 2.05) is 42.5 Å². The lowest BCUT2D eigenvalue weighted by atomic mass is 9.87. The minimum Gasteiger partial charge on any atom is -0.388 e. The molecule has 1 spiro atoms. The highest BCUT2D eigenvalue weighted by molar-refractivity contribution is 7.15. The molecule has 1 aromatic heterocycles. The van der Waals surface area contributed by atoms with Gasteiger partial charge in [-0.15, -0.1) is 11.3 Å². The van der Waals surface area contributed by atoms with Crippen LogP contribution in [-0.4, -0.2) is 39.7 Å². The summed E-state index contributed by atoms with van der Waals surface area (Å²) in [5.41, 5.74) is 2.62. The van der Waals surface area contributed by atoms with Gasteiger partial charge in [0.05, 0.1) is 12.7 Å². The van der Waals surface area contributed by atoms with Crippen LogP contribution in [0.4, 0.5) is 4.39 Å². The Labute approximate surface area is 183 Å². The van der Waals surface area contributed by atoms with E-state index in [2.05, 4.69) is 0 Å². The molecule has 0 aliphatic carbocycles. The SMILES string of the molecule is C[C@H]1O[C@]2(OCc3cc(F)c(Cc4ccc(-c5ccccc5)s4)cc32)[C@H](O)[C@@H](O)[C@@H]1O. The number of hydrogen-bond acceptors (Lipinski definition) is 6. The molecule has 0 radical (unpaired) electrons. The van der Waals surface area contributed by atoms with Crippen molar-refractivity contribution < 1.29 is 29.2 Å². The van der Waals surface area contributed by atoms with Gasteiger partial charge in [-0.3, -0.25) is 0 Å². The number of aliphatic hydroxyl groups is 3. The van der Waals surface area contributed by atoms with Gasteiger partial charge in [0.2, 0.25) is 5.79 Å². The van der Waals surface area contributed by atoms with Crippen molar-refractivity contribution in [2.24, 2.45) is 0 Å². The normalized spacial score (nSPS) is 30.0. The second kappa shape index (κ2) is 7.78. The fourth-order valence-corrected chi connectivity index (χ4v) is 5.40. The molecule has 3 aromatic rings. The van der Waals surface area contributed by atoms with Crippen molar-refractivity contribution >= 4 is 11.3 Å². The molecule has 3 N–H and O–H groups in total. The van der Waals surface area contributed by atoms with Crippen LogP contribution in [0, 0.1) is 5.82 Å². The topological polar surface area (TPSA) is 79.2 Å². The summed E-state index contributed by atoms with van der Waals surface area (Å²) >= 11 is 1.60. The lowest BCUT2D eigenvalue weighted by Crippen LogP contribution is -2.62. The maximum absolute atomic E-state index is 14.9. The van der Waals surface area contributed by atoms with Crippen LogP contribution in [0.3, 0.4) is 0 Å². The van der Waals surface area contributed by atoms with Crippen molar-refractivity contribution in [2.45, 2.75) is 50.2 Å². The van der Waals surface area contributed by atoms with E-state index < -0.39 is 30.2 Å². The van der Waals surface area contributed by atoms with Crippen molar-refractivity contribution in [3.8, 4) is 10.4 Å². The molecule has 1 saturated heterocycles. The molecule has 0 amide bonds. The number of benzene rings is 2. The van der Waals surface area contributed by atoms with Crippen molar-refractivity contribution in [1.29, 1.82) is 0 Å². The first-order valence-corrected chi connectivity index (χ1v) is 11.0. The summed E-state index contributed by atoms with van der Waals surface area (Å²) in [7, 11) is 0. The average Bonchev–Trinajstić information content (AvgIpc) is 3.38. The van der Waals surface area contributed by atoms with Gasteiger partial charge in [-0.25, -0.2) is 4.39 Å². The summed E-state index contributed by atoms with van der Waals surface area (Å²) in [6.45, 7) is 1.65. The Bertz CT molecular complexity index is 1100. The number of fused-ring (bicyclic) bond motifs is 2. The molecule has 5 rings (SSSR count). The fourth-order valence-electron chi connectivity index (χ4n) is 4.37. The molecule has 5 nitrogen and oxygen atoms in total. The van der Waals surface area contributed by atoms with E-state index in [0.717, 1.165) is 15.3 Å². The fraction of sp³-hybridized carbons (Fsp3) is 0.333. The molecule has 0 unspecified atom stereocenters. The Balaban J connectivity index is 1.48. The maximum atomic E-state index is 14.9. The molecule has 31 heavy (non-hydrogen) atoms. The first kappa shape index (κ1) is 20.8. The lowest BCUT2D eigenvalue weighted by Gasteiger charge is -2.45. The van der Waals surface area contributed by atoms with Gasteiger partial charge in [0.15, 0.2) is 0 Å². The predicted octanol–water partition coefficient (Wildman–Crippen LogP) is 3.33. The third kappa shape index (κ3) is 3.42. The van der Waals surface area contributed by atoms with E-state index in [1.54, 1.807) is 24.3 Å². The van der Waals surface area contributed by atoms with Gasteiger partial charge < -0.3 is 24.8 Å². The number of ether oxygens (including phenoxy) is 2. The first-order valence-electron chi connectivity index (χ1n) is 10.2. The van der Waals surface area contributed by atoms with Gasteiger partial charge in [-0.05, 0) is 47.9 Å². The number of aliphatic hydroxyl groups excluding tert-OH is 3. The van der Waals surface area contributed by atoms with Crippen molar-refractivity contribution in [1.82, 2.24) is 0 Å². The van der Waals surface area contributed by atoms with Crippen LogP contribution in [0.1, 0.15) is 28.5 Å². The number of halogens is 1. The summed E-state index contributed by atoms with van der Waals surface area (Å²) in [5.74, 6) is -1.98. The monoisotopic (exact) mass is 442 g/mol. The summed E-state index contributed by atoms with van der Waals surface area (Å²) in [4.78, 5) is 2.11. The highest BCUT2D eigenvalue weighted by atomic mass is 32.1. The average molecular weight is 443 g/mol. The van der Waals surface area contributed by atoms with Crippen LogP contribution in [0.2, 0.25) is 0 Å². The van der Waals surface area contributed by atoms with Gasteiger partial charge in [0.25, 0.3) is 0 Å². The van der Waals surface area contributed by atoms with Gasteiger partial charge in [0.1, 0.15) is 24.1 Å². The van der Waals surface area contributed by atoms with Crippen LogP contribution in [0.25, 0.3) is 10.4 Å².